The van der Waals surface area contributed by atoms with E-state index in [1.165, 1.54) is 6.42 Å². The second-order valence-corrected chi connectivity index (χ2v) is 5.00. The van der Waals surface area contributed by atoms with E-state index < -0.39 is 0 Å². The molecule has 5 heteroatoms. The van der Waals surface area contributed by atoms with Crippen LogP contribution in [-0.4, -0.2) is 72.8 Å². The summed E-state index contributed by atoms with van der Waals surface area (Å²) in [5, 5.41) is 0. The third-order valence-electron chi connectivity index (χ3n) is 3.90. The Balaban J connectivity index is 1.78. The van der Waals surface area contributed by atoms with Gasteiger partial charge in [0.05, 0.1) is 0 Å². The maximum atomic E-state index is 12.1. The van der Waals surface area contributed by atoms with Crippen molar-refractivity contribution in [3.8, 4) is 0 Å². The zero-order chi connectivity index (χ0) is 12.3. The van der Waals surface area contributed by atoms with Crippen LogP contribution in [0.2, 0.25) is 0 Å². The largest absolute Gasteiger partial charge is 0.342 e. The van der Waals surface area contributed by atoms with Crippen LogP contribution in [0, 0.1) is 0 Å². The summed E-state index contributed by atoms with van der Waals surface area (Å²) >= 11 is 0. The van der Waals surface area contributed by atoms with Crippen molar-refractivity contribution in [3.05, 3.63) is 0 Å². The van der Waals surface area contributed by atoms with Gasteiger partial charge in [-0.1, -0.05) is 0 Å². The van der Waals surface area contributed by atoms with Gasteiger partial charge in [-0.3, -0.25) is 9.59 Å². The highest BCUT2D eigenvalue weighted by Gasteiger charge is 2.27. The lowest BCUT2D eigenvalue weighted by Crippen LogP contribution is -2.49. The van der Waals surface area contributed by atoms with E-state index in [4.69, 9.17) is 0 Å². The molecule has 0 N–H and O–H groups in total. The molecule has 96 valence electrons. The Hall–Kier alpha value is -1.10. The molecular formula is C12H21N3O2. The number of likely N-dealkylation sites (tertiary alicyclic amines) is 1. The molecule has 2 aliphatic rings. The van der Waals surface area contributed by atoms with Gasteiger partial charge in [0.15, 0.2) is 0 Å². The predicted molar refractivity (Wildman–Crippen MR) is 64.5 cm³/mol. The second-order valence-electron chi connectivity index (χ2n) is 5.00. The van der Waals surface area contributed by atoms with Crippen molar-refractivity contribution in [3.63, 3.8) is 0 Å². The maximum absolute atomic E-state index is 12.1. The SMILES string of the molecule is CN1CCCC1CC(=O)N1CCN(C=O)CC1. The van der Waals surface area contributed by atoms with E-state index in [1.54, 1.807) is 4.90 Å². The van der Waals surface area contributed by atoms with E-state index >= 15 is 0 Å². The molecule has 0 aliphatic carbocycles. The highest BCUT2D eigenvalue weighted by molar-refractivity contribution is 5.77. The predicted octanol–water partition coefficient (Wildman–Crippen LogP) is -0.229. The van der Waals surface area contributed by atoms with Crippen molar-refractivity contribution in [2.75, 3.05) is 39.8 Å². The van der Waals surface area contributed by atoms with Gasteiger partial charge in [0.2, 0.25) is 12.3 Å². The molecule has 0 aromatic rings. The molecule has 0 saturated carbocycles. The number of amides is 2. The van der Waals surface area contributed by atoms with Crippen LogP contribution >= 0.6 is 0 Å². The van der Waals surface area contributed by atoms with Gasteiger partial charge in [0, 0.05) is 38.6 Å². The number of rotatable bonds is 3. The highest BCUT2D eigenvalue weighted by Crippen LogP contribution is 2.19. The van der Waals surface area contributed by atoms with Gasteiger partial charge >= 0.3 is 0 Å². The molecule has 0 spiro atoms. The van der Waals surface area contributed by atoms with E-state index in [0.29, 0.717) is 38.6 Å². The van der Waals surface area contributed by atoms with Crippen LogP contribution in [0.5, 0.6) is 0 Å². The Kier molecular flexibility index (Phi) is 3.99. The summed E-state index contributed by atoms with van der Waals surface area (Å²) in [5.74, 6) is 0.245. The monoisotopic (exact) mass is 239 g/mol. The molecule has 17 heavy (non-hydrogen) atoms. The Bertz CT molecular complexity index is 287. The number of hydrogen-bond donors (Lipinski definition) is 0. The Morgan fingerprint density at radius 3 is 2.47 bits per heavy atom. The van der Waals surface area contributed by atoms with Crippen molar-refractivity contribution >= 4 is 12.3 Å². The molecule has 0 aromatic carbocycles. The summed E-state index contributed by atoms with van der Waals surface area (Å²) in [6, 6.07) is 0.423. The highest BCUT2D eigenvalue weighted by atomic mass is 16.2. The van der Waals surface area contributed by atoms with E-state index in [9.17, 15) is 9.59 Å². The van der Waals surface area contributed by atoms with Crippen LogP contribution in [0.15, 0.2) is 0 Å². The van der Waals surface area contributed by atoms with Crippen LogP contribution in [0.3, 0.4) is 0 Å². The number of carbonyl (C=O) groups excluding carboxylic acids is 2. The van der Waals surface area contributed by atoms with E-state index in [2.05, 4.69) is 11.9 Å². The smallest absolute Gasteiger partial charge is 0.224 e. The summed E-state index contributed by atoms with van der Waals surface area (Å²) in [4.78, 5) is 28.6. The first-order valence-corrected chi connectivity index (χ1v) is 6.38. The molecule has 2 saturated heterocycles. The molecule has 2 aliphatic heterocycles. The number of hydrogen-bond acceptors (Lipinski definition) is 3. The molecular weight excluding hydrogens is 218 g/mol. The molecule has 0 radical (unpaired) electrons. The normalized spacial score (nSPS) is 26.3. The lowest BCUT2D eigenvalue weighted by atomic mass is 10.1. The summed E-state index contributed by atoms with van der Waals surface area (Å²) in [5.41, 5.74) is 0. The van der Waals surface area contributed by atoms with Gasteiger partial charge in [0.25, 0.3) is 0 Å². The first-order chi connectivity index (χ1) is 8.20. The average molecular weight is 239 g/mol. The minimum absolute atomic E-state index is 0.245. The first kappa shape index (κ1) is 12.4. The standard InChI is InChI=1S/C12H21N3O2/c1-13-4-2-3-11(13)9-12(17)15-7-5-14(10-16)6-8-15/h10-11H,2-9H2,1H3. The maximum Gasteiger partial charge on any atom is 0.224 e. The summed E-state index contributed by atoms with van der Waals surface area (Å²) < 4.78 is 0. The molecule has 2 amide bonds. The van der Waals surface area contributed by atoms with Gasteiger partial charge in [0.1, 0.15) is 0 Å². The van der Waals surface area contributed by atoms with E-state index in [-0.39, 0.29) is 5.91 Å². The third kappa shape index (κ3) is 2.97. The van der Waals surface area contributed by atoms with Gasteiger partial charge in [-0.25, -0.2) is 0 Å². The fraction of sp³-hybridized carbons (Fsp3) is 0.833. The van der Waals surface area contributed by atoms with Crippen molar-refractivity contribution in [2.45, 2.75) is 25.3 Å². The molecule has 2 rings (SSSR count). The van der Waals surface area contributed by atoms with Crippen molar-refractivity contribution in [1.29, 1.82) is 0 Å². The van der Waals surface area contributed by atoms with E-state index in [0.717, 1.165) is 19.4 Å². The Morgan fingerprint density at radius 2 is 1.94 bits per heavy atom. The zero-order valence-electron chi connectivity index (χ0n) is 10.5. The van der Waals surface area contributed by atoms with Crippen LogP contribution < -0.4 is 0 Å². The minimum atomic E-state index is 0.245. The summed E-state index contributed by atoms with van der Waals surface area (Å²) in [7, 11) is 2.09. The van der Waals surface area contributed by atoms with Crippen molar-refractivity contribution < 1.29 is 9.59 Å². The van der Waals surface area contributed by atoms with Gasteiger partial charge < -0.3 is 14.7 Å². The fourth-order valence-electron chi connectivity index (χ4n) is 2.64. The molecule has 0 bridgehead atoms. The van der Waals surface area contributed by atoms with Crippen LogP contribution in [-0.2, 0) is 9.59 Å². The zero-order valence-corrected chi connectivity index (χ0v) is 10.5. The lowest BCUT2D eigenvalue weighted by Gasteiger charge is -2.33. The number of nitrogens with zero attached hydrogens (tertiary/aromatic N) is 3. The first-order valence-electron chi connectivity index (χ1n) is 6.38. The summed E-state index contributed by atoms with van der Waals surface area (Å²) in [6.45, 7) is 3.84. The molecule has 1 atom stereocenters. The quantitative estimate of drug-likeness (QED) is 0.639. The molecule has 1 unspecified atom stereocenters. The molecule has 5 nitrogen and oxygen atoms in total. The van der Waals surface area contributed by atoms with Gasteiger partial charge in [-0.2, -0.15) is 0 Å². The Labute approximate surface area is 102 Å². The third-order valence-corrected chi connectivity index (χ3v) is 3.90. The Morgan fingerprint density at radius 1 is 1.24 bits per heavy atom. The number of carbonyl (C=O) groups is 2. The fourth-order valence-corrected chi connectivity index (χ4v) is 2.64. The minimum Gasteiger partial charge on any atom is -0.342 e. The van der Waals surface area contributed by atoms with Crippen LogP contribution in [0.4, 0.5) is 0 Å². The van der Waals surface area contributed by atoms with Crippen molar-refractivity contribution in [1.82, 2.24) is 14.7 Å². The van der Waals surface area contributed by atoms with E-state index in [1.807, 2.05) is 4.90 Å². The average Bonchev–Trinajstić information content (AvgIpc) is 2.75. The topological polar surface area (TPSA) is 43.9 Å². The summed E-state index contributed by atoms with van der Waals surface area (Å²) in [6.07, 6.45) is 3.84. The van der Waals surface area contributed by atoms with Gasteiger partial charge in [-0.15, -0.1) is 0 Å². The number of piperazine rings is 1. The van der Waals surface area contributed by atoms with Crippen LogP contribution in [0.1, 0.15) is 19.3 Å². The van der Waals surface area contributed by atoms with Crippen molar-refractivity contribution in [2.24, 2.45) is 0 Å². The molecule has 0 aromatic heterocycles. The van der Waals surface area contributed by atoms with Gasteiger partial charge in [-0.05, 0) is 26.4 Å². The molecule has 2 fully saturated rings. The van der Waals surface area contributed by atoms with Crippen LogP contribution in [0.25, 0.3) is 0 Å². The molecule has 2 heterocycles. The second kappa shape index (κ2) is 5.49. The lowest BCUT2D eigenvalue weighted by molar-refractivity contribution is -0.136.